The summed E-state index contributed by atoms with van der Waals surface area (Å²) in [5.74, 6) is -0.299. The zero-order chi connectivity index (χ0) is 11.2. The van der Waals surface area contributed by atoms with Gasteiger partial charge in [-0.25, -0.2) is 4.84 Å². The van der Waals surface area contributed by atoms with Crippen LogP contribution in [0.15, 0.2) is 0 Å². The number of halogens is 1. The molecule has 0 bridgehead atoms. The molecule has 0 aliphatic carbocycles. The Bertz CT molecular complexity index is 183. The number of hydrogen-bond acceptors (Lipinski definition) is 3. The Morgan fingerprint density at radius 2 is 2.14 bits per heavy atom. The summed E-state index contributed by atoms with van der Waals surface area (Å²) in [5.41, 5.74) is 0.234. The molecule has 0 unspecified atom stereocenters. The van der Waals surface area contributed by atoms with Crippen molar-refractivity contribution in [1.82, 2.24) is 4.84 Å². The largest absolute Gasteiger partial charge is 0.464 e. The molecule has 3 nitrogen and oxygen atoms in total. The van der Waals surface area contributed by atoms with Crippen LogP contribution in [0, 0.1) is 5.41 Å². The predicted molar refractivity (Wildman–Crippen MR) is 58.1 cm³/mol. The second-order valence-electron chi connectivity index (χ2n) is 4.27. The molecule has 0 amide bonds. The van der Waals surface area contributed by atoms with Crippen LogP contribution in [0.1, 0.15) is 40.5 Å². The number of nitrogens with one attached hydrogen (secondary N) is 1. The Hall–Kier alpha value is -0.280. The van der Waals surface area contributed by atoms with Crippen molar-refractivity contribution < 1.29 is 9.53 Å². The molecule has 0 rings (SSSR count). The molecule has 0 heterocycles. The van der Waals surface area contributed by atoms with E-state index in [1.54, 1.807) is 6.92 Å². The van der Waals surface area contributed by atoms with Crippen molar-refractivity contribution in [2.45, 2.75) is 46.6 Å². The van der Waals surface area contributed by atoms with Gasteiger partial charge in [-0.3, -0.25) is 4.79 Å². The molecule has 0 aromatic carbocycles. The van der Waals surface area contributed by atoms with Crippen molar-refractivity contribution >= 4 is 17.7 Å². The number of rotatable bonds is 6. The van der Waals surface area contributed by atoms with Crippen LogP contribution in [0.4, 0.5) is 0 Å². The smallest absolute Gasteiger partial charge is 0.324 e. The van der Waals surface area contributed by atoms with Crippen molar-refractivity contribution in [1.29, 1.82) is 0 Å². The van der Waals surface area contributed by atoms with Gasteiger partial charge in [-0.15, -0.1) is 0 Å². The first-order chi connectivity index (χ1) is 6.43. The summed E-state index contributed by atoms with van der Waals surface area (Å²) < 4.78 is 5.05. The van der Waals surface area contributed by atoms with E-state index in [4.69, 9.17) is 16.5 Å². The third kappa shape index (κ3) is 5.45. The van der Waals surface area contributed by atoms with Gasteiger partial charge in [-0.05, 0) is 30.5 Å². The molecule has 0 saturated carbocycles. The third-order valence-electron chi connectivity index (χ3n) is 2.50. The molecule has 0 saturated heterocycles. The minimum Gasteiger partial charge on any atom is -0.464 e. The normalized spacial score (nSPS) is 13.8. The Labute approximate surface area is 91.3 Å². The van der Waals surface area contributed by atoms with E-state index in [-0.39, 0.29) is 11.4 Å². The van der Waals surface area contributed by atoms with E-state index in [9.17, 15) is 4.79 Å². The molecule has 0 aromatic rings. The minimum absolute atomic E-state index is 0.234. The topological polar surface area (TPSA) is 38.3 Å². The number of ether oxygens (including phenoxy) is 1. The minimum atomic E-state index is -0.443. The van der Waals surface area contributed by atoms with Crippen LogP contribution in [-0.4, -0.2) is 18.6 Å². The maximum absolute atomic E-state index is 11.2. The fourth-order valence-electron chi connectivity index (χ4n) is 0.774. The average molecular weight is 222 g/mol. The molecule has 0 aliphatic heterocycles. The van der Waals surface area contributed by atoms with Crippen molar-refractivity contribution in [2.24, 2.45) is 5.41 Å². The summed E-state index contributed by atoms with van der Waals surface area (Å²) in [5, 5.41) is 0. The van der Waals surface area contributed by atoms with E-state index in [0.29, 0.717) is 6.61 Å². The van der Waals surface area contributed by atoms with E-state index >= 15 is 0 Å². The van der Waals surface area contributed by atoms with Crippen molar-refractivity contribution in [3.05, 3.63) is 0 Å². The monoisotopic (exact) mass is 221 g/mol. The van der Waals surface area contributed by atoms with E-state index in [0.717, 1.165) is 12.8 Å². The van der Waals surface area contributed by atoms with Gasteiger partial charge in [0.25, 0.3) is 0 Å². The van der Waals surface area contributed by atoms with Crippen molar-refractivity contribution in [2.75, 3.05) is 6.61 Å². The second-order valence-corrected chi connectivity index (χ2v) is 4.48. The van der Waals surface area contributed by atoms with E-state index in [2.05, 4.69) is 25.6 Å². The van der Waals surface area contributed by atoms with Crippen LogP contribution < -0.4 is 4.84 Å². The Morgan fingerprint density at radius 1 is 1.57 bits per heavy atom. The van der Waals surface area contributed by atoms with Gasteiger partial charge in [0.15, 0.2) is 0 Å². The summed E-state index contributed by atoms with van der Waals surface area (Å²) in [7, 11) is 0. The number of hydrogen-bond donors (Lipinski definition) is 1. The van der Waals surface area contributed by atoms with Crippen LogP contribution in [0.2, 0.25) is 0 Å². The summed E-state index contributed by atoms with van der Waals surface area (Å²) in [6.45, 7) is 8.57. The number of carbonyl (C=O) groups is 1. The van der Waals surface area contributed by atoms with Gasteiger partial charge in [0.05, 0.1) is 6.61 Å². The summed E-state index contributed by atoms with van der Waals surface area (Å²) >= 11 is 5.29. The molecule has 0 fully saturated rings. The molecule has 1 N–H and O–H groups in total. The van der Waals surface area contributed by atoms with Crippen LogP contribution in [-0.2, 0) is 9.53 Å². The zero-order valence-corrected chi connectivity index (χ0v) is 10.1. The lowest BCUT2D eigenvalue weighted by Gasteiger charge is -2.22. The SMILES string of the molecule is CCC(C)(C)CCOC(=O)[C@H](C)NCl. The zero-order valence-electron chi connectivity index (χ0n) is 9.39. The lowest BCUT2D eigenvalue weighted by molar-refractivity contribution is -0.145. The fraction of sp³-hybridized carbons (Fsp3) is 0.900. The first-order valence-corrected chi connectivity index (χ1v) is 5.33. The fourth-order valence-corrected chi connectivity index (χ4v) is 0.863. The molecular weight excluding hydrogens is 202 g/mol. The molecular formula is C10H20ClNO2. The molecule has 0 aromatic heterocycles. The van der Waals surface area contributed by atoms with Crippen LogP contribution in [0.25, 0.3) is 0 Å². The molecule has 0 radical (unpaired) electrons. The van der Waals surface area contributed by atoms with Crippen molar-refractivity contribution in [3.8, 4) is 0 Å². The summed E-state index contributed by atoms with van der Waals surface area (Å²) in [6.07, 6.45) is 1.96. The van der Waals surface area contributed by atoms with Gasteiger partial charge < -0.3 is 4.74 Å². The number of esters is 1. The third-order valence-corrected chi connectivity index (χ3v) is 2.82. The molecule has 4 heteroatoms. The Morgan fingerprint density at radius 3 is 2.57 bits per heavy atom. The highest BCUT2D eigenvalue weighted by Gasteiger charge is 2.17. The molecule has 14 heavy (non-hydrogen) atoms. The van der Waals surface area contributed by atoms with Crippen LogP contribution >= 0.6 is 11.8 Å². The van der Waals surface area contributed by atoms with Gasteiger partial charge in [-0.1, -0.05) is 27.2 Å². The summed E-state index contributed by atoms with van der Waals surface area (Å²) in [6, 6.07) is -0.443. The highest BCUT2D eigenvalue weighted by molar-refractivity contribution is 6.14. The summed E-state index contributed by atoms with van der Waals surface area (Å²) in [4.78, 5) is 13.5. The number of carbonyl (C=O) groups excluding carboxylic acids is 1. The first-order valence-electron chi connectivity index (χ1n) is 4.95. The Kier molecular flexibility index (Phi) is 6.12. The molecule has 0 aliphatic rings. The van der Waals surface area contributed by atoms with Gasteiger partial charge >= 0.3 is 5.97 Å². The van der Waals surface area contributed by atoms with Crippen LogP contribution in [0.5, 0.6) is 0 Å². The highest BCUT2D eigenvalue weighted by Crippen LogP contribution is 2.23. The van der Waals surface area contributed by atoms with Gasteiger partial charge in [0.2, 0.25) is 0 Å². The highest BCUT2D eigenvalue weighted by atomic mass is 35.5. The van der Waals surface area contributed by atoms with E-state index in [1.807, 2.05) is 0 Å². The van der Waals surface area contributed by atoms with Crippen molar-refractivity contribution in [3.63, 3.8) is 0 Å². The van der Waals surface area contributed by atoms with Gasteiger partial charge in [0, 0.05) is 0 Å². The van der Waals surface area contributed by atoms with Gasteiger partial charge in [0.1, 0.15) is 6.04 Å². The molecule has 84 valence electrons. The maximum Gasteiger partial charge on any atom is 0.324 e. The average Bonchev–Trinajstić information content (AvgIpc) is 2.16. The van der Waals surface area contributed by atoms with E-state index < -0.39 is 6.04 Å². The maximum atomic E-state index is 11.2. The first kappa shape index (κ1) is 13.7. The van der Waals surface area contributed by atoms with E-state index in [1.165, 1.54) is 0 Å². The quantitative estimate of drug-likeness (QED) is 0.553. The molecule has 0 spiro atoms. The molecule has 1 atom stereocenters. The predicted octanol–water partition coefficient (Wildman–Crippen LogP) is 2.49. The van der Waals surface area contributed by atoms with Crippen LogP contribution in [0.3, 0.4) is 0 Å². The Balaban J connectivity index is 3.69. The lowest BCUT2D eigenvalue weighted by Crippen LogP contribution is -2.30. The standard InChI is InChI=1S/C10H20ClNO2/c1-5-10(3,4)6-7-14-9(13)8(2)12-11/h8,12H,5-7H2,1-4H3/t8-/m0/s1. The van der Waals surface area contributed by atoms with Gasteiger partial charge in [-0.2, -0.15) is 0 Å². The second kappa shape index (κ2) is 6.25. The lowest BCUT2D eigenvalue weighted by atomic mass is 9.87.